The molecule has 0 aliphatic carbocycles. The van der Waals surface area contributed by atoms with Gasteiger partial charge in [0.05, 0.1) is 19.3 Å². The van der Waals surface area contributed by atoms with Crippen molar-refractivity contribution in [3.05, 3.63) is 29.3 Å². The summed E-state index contributed by atoms with van der Waals surface area (Å²) in [5.41, 5.74) is 1.27. The van der Waals surface area contributed by atoms with Gasteiger partial charge in [0.25, 0.3) is 0 Å². The number of ether oxygens (including phenoxy) is 1. The Morgan fingerprint density at radius 1 is 1.53 bits per heavy atom. The molecule has 0 unspecified atom stereocenters. The molecule has 1 rings (SSSR count). The Hall–Kier alpha value is -1.79. The Morgan fingerprint density at radius 3 is 2.93 bits per heavy atom. The lowest BCUT2D eigenvalue weighted by Gasteiger charge is -2.02. The highest BCUT2D eigenvalue weighted by Gasteiger charge is 2.01. The molecule has 0 radical (unpaired) electrons. The molecule has 0 heterocycles. The fourth-order valence-corrected chi connectivity index (χ4v) is 1.11. The molecular weight excluding hydrogens is 192 g/mol. The van der Waals surface area contributed by atoms with Crippen molar-refractivity contribution >= 4 is 6.29 Å². The van der Waals surface area contributed by atoms with Crippen molar-refractivity contribution in [2.45, 2.75) is 6.42 Å². The number of rotatable bonds is 3. The molecule has 78 valence electrons. The fraction of sp³-hybridized carbons (Fsp3) is 0.250. The Bertz CT molecular complexity index is 399. The van der Waals surface area contributed by atoms with E-state index in [1.165, 1.54) is 7.11 Å². The van der Waals surface area contributed by atoms with Gasteiger partial charge in [-0.3, -0.25) is 4.79 Å². The van der Waals surface area contributed by atoms with Crippen LogP contribution in [0.4, 0.5) is 0 Å². The zero-order valence-corrected chi connectivity index (χ0v) is 8.49. The molecular formula is C12H12O3. The predicted molar refractivity (Wildman–Crippen MR) is 57.0 cm³/mol. The molecule has 0 spiro atoms. The number of aliphatic hydroxyl groups is 1. The Labute approximate surface area is 88.7 Å². The molecule has 3 nitrogen and oxygen atoms in total. The smallest absolute Gasteiger partial charge is 0.153 e. The zero-order valence-electron chi connectivity index (χ0n) is 8.49. The van der Waals surface area contributed by atoms with Crippen LogP contribution in [-0.4, -0.2) is 25.1 Å². The van der Waals surface area contributed by atoms with Crippen LogP contribution in [-0.2, 0) is 0 Å². The third-order valence-electron chi connectivity index (χ3n) is 1.83. The van der Waals surface area contributed by atoms with E-state index in [1.807, 2.05) is 0 Å². The van der Waals surface area contributed by atoms with E-state index < -0.39 is 0 Å². The number of aldehydes is 1. The first-order valence-electron chi connectivity index (χ1n) is 4.54. The van der Waals surface area contributed by atoms with E-state index in [2.05, 4.69) is 11.8 Å². The molecule has 0 saturated carbocycles. The standard InChI is InChI=1S/C12H12O3/c1-15-12-8-10(4-2-3-7-13)5-6-11(12)9-14/h5-6,8-9,13H,3,7H2,1H3. The van der Waals surface area contributed by atoms with E-state index in [-0.39, 0.29) is 6.61 Å². The molecule has 0 aliphatic rings. The van der Waals surface area contributed by atoms with Crippen LogP contribution in [0.25, 0.3) is 0 Å². The first-order chi connectivity index (χ1) is 7.31. The third kappa shape index (κ3) is 3.12. The maximum absolute atomic E-state index is 10.6. The van der Waals surface area contributed by atoms with Gasteiger partial charge in [0, 0.05) is 12.0 Å². The first-order valence-corrected chi connectivity index (χ1v) is 4.54. The SMILES string of the molecule is COc1cc(C#CCCO)ccc1C=O. The summed E-state index contributed by atoms with van der Waals surface area (Å²) in [6.07, 6.45) is 1.18. The number of hydrogen-bond acceptors (Lipinski definition) is 3. The Kier molecular flexibility index (Phi) is 4.39. The third-order valence-corrected chi connectivity index (χ3v) is 1.83. The number of benzene rings is 1. The van der Waals surface area contributed by atoms with E-state index in [4.69, 9.17) is 9.84 Å². The van der Waals surface area contributed by atoms with Crippen LogP contribution in [0.15, 0.2) is 18.2 Å². The highest BCUT2D eigenvalue weighted by molar-refractivity contribution is 5.79. The van der Waals surface area contributed by atoms with E-state index in [0.717, 1.165) is 11.8 Å². The monoisotopic (exact) mass is 204 g/mol. The molecule has 0 aromatic heterocycles. The molecule has 15 heavy (non-hydrogen) atoms. The fourth-order valence-electron chi connectivity index (χ4n) is 1.11. The van der Waals surface area contributed by atoms with Gasteiger partial charge in [-0.2, -0.15) is 0 Å². The summed E-state index contributed by atoms with van der Waals surface area (Å²) >= 11 is 0. The summed E-state index contributed by atoms with van der Waals surface area (Å²) in [4.78, 5) is 10.6. The second kappa shape index (κ2) is 5.84. The lowest BCUT2D eigenvalue weighted by Crippen LogP contribution is -1.91. The molecule has 3 heteroatoms. The van der Waals surface area contributed by atoms with Crippen molar-refractivity contribution < 1.29 is 14.6 Å². The zero-order chi connectivity index (χ0) is 11.1. The summed E-state index contributed by atoms with van der Waals surface area (Å²) in [5, 5.41) is 8.55. The van der Waals surface area contributed by atoms with Gasteiger partial charge in [-0.1, -0.05) is 11.8 Å². The summed E-state index contributed by atoms with van der Waals surface area (Å²) in [7, 11) is 1.51. The molecule has 0 fully saturated rings. The quantitative estimate of drug-likeness (QED) is 0.595. The van der Waals surface area contributed by atoms with Gasteiger partial charge < -0.3 is 9.84 Å². The van der Waals surface area contributed by atoms with Crippen LogP contribution >= 0.6 is 0 Å². The van der Waals surface area contributed by atoms with Crippen molar-refractivity contribution in [2.24, 2.45) is 0 Å². The van der Waals surface area contributed by atoms with E-state index in [1.54, 1.807) is 18.2 Å². The van der Waals surface area contributed by atoms with Crippen molar-refractivity contribution in [1.82, 2.24) is 0 Å². The highest BCUT2D eigenvalue weighted by atomic mass is 16.5. The normalized spacial score (nSPS) is 8.93. The average molecular weight is 204 g/mol. The molecule has 0 saturated heterocycles. The van der Waals surface area contributed by atoms with Gasteiger partial charge in [-0.05, 0) is 18.2 Å². The summed E-state index contributed by atoms with van der Waals surface area (Å²) in [6.45, 7) is 0.0521. The van der Waals surface area contributed by atoms with Gasteiger partial charge in [-0.15, -0.1) is 0 Å². The van der Waals surface area contributed by atoms with Crippen molar-refractivity contribution in [2.75, 3.05) is 13.7 Å². The number of hydrogen-bond donors (Lipinski definition) is 1. The predicted octanol–water partition coefficient (Wildman–Crippen LogP) is 1.24. The van der Waals surface area contributed by atoms with Gasteiger partial charge in [0.15, 0.2) is 6.29 Å². The number of methoxy groups -OCH3 is 1. The van der Waals surface area contributed by atoms with Crippen LogP contribution in [0.5, 0.6) is 5.75 Å². The van der Waals surface area contributed by atoms with E-state index in [9.17, 15) is 4.79 Å². The maximum Gasteiger partial charge on any atom is 0.153 e. The number of carbonyl (C=O) groups excluding carboxylic acids is 1. The lowest BCUT2D eigenvalue weighted by atomic mass is 10.1. The lowest BCUT2D eigenvalue weighted by molar-refractivity contribution is 0.112. The Balaban J connectivity index is 2.94. The topological polar surface area (TPSA) is 46.5 Å². The van der Waals surface area contributed by atoms with E-state index >= 15 is 0 Å². The minimum atomic E-state index is 0.0521. The second-order valence-corrected chi connectivity index (χ2v) is 2.85. The van der Waals surface area contributed by atoms with Gasteiger partial charge in [0.1, 0.15) is 5.75 Å². The van der Waals surface area contributed by atoms with Crippen LogP contribution in [0.1, 0.15) is 22.3 Å². The average Bonchev–Trinajstić information content (AvgIpc) is 2.29. The minimum Gasteiger partial charge on any atom is -0.496 e. The van der Waals surface area contributed by atoms with Crippen LogP contribution in [0, 0.1) is 11.8 Å². The van der Waals surface area contributed by atoms with E-state index in [0.29, 0.717) is 17.7 Å². The van der Waals surface area contributed by atoms with Gasteiger partial charge >= 0.3 is 0 Å². The van der Waals surface area contributed by atoms with Crippen LogP contribution < -0.4 is 4.74 Å². The number of carbonyl (C=O) groups is 1. The molecule has 0 atom stereocenters. The van der Waals surface area contributed by atoms with Crippen LogP contribution in [0.3, 0.4) is 0 Å². The summed E-state index contributed by atoms with van der Waals surface area (Å²) in [6, 6.07) is 5.11. The molecule has 1 aromatic carbocycles. The number of aliphatic hydroxyl groups excluding tert-OH is 1. The van der Waals surface area contributed by atoms with Crippen LogP contribution in [0.2, 0.25) is 0 Å². The van der Waals surface area contributed by atoms with Crippen molar-refractivity contribution in [3.63, 3.8) is 0 Å². The molecule has 1 N–H and O–H groups in total. The van der Waals surface area contributed by atoms with Gasteiger partial charge in [-0.25, -0.2) is 0 Å². The molecule has 0 aliphatic heterocycles. The largest absolute Gasteiger partial charge is 0.496 e. The first kappa shape index (κ1) is 11.3. The Morgan fingerprint density at radius 2 is 2.33 bits per heavy atom. The summed E-state index contributed by atoms with van der Waals surface area (Å²) in [5.74, 6) is 6.18. The summed E-state index contributed by atoms with van der Waals surface area (Å²) < 4.78 is 5.03. The van der Waals surface area contributed by atoms with Crippen molar-refractivity contribution in [3.8, 4) is 17.6 Å². The molecule has 0 amide bonds. The van der Waals surface area contributed by atoms with Crippen molar-refractivity contribution in [1.29, 1.82) is 0 Å². The maximum atomic E-state index is 10.6. The second-order valence-electron chi connectivity index (χ2n) is 2.85. The molecule has 1 aromatic rings. The molecule has 0 bridgehead atoms. The van der Waals surface area contributed by atoms with Gasteiger partial charge in [0.2, 0.25) is 0 Å². The minimum absolute atomic E-state index is 0.0521. The highest BCUT2D eigenvalue weighted by Crippen LogP contribution is 2.17.